The van der Waals surface area contributed by atoms with E-state index in [1.165, 1.54) is 0 Å². The van der Waals surface area contributed by atoms with Gasteiger partial charge >= 0.3 is 0 Å². The van der Waals surface area contributed by atoms with E-state index >= 15 is 0 Å². The number of carbonyl (C=O) groups excluding carboxylic acids is 2. The number of nitrogens with one attached hydrogen (secondary N) is 1. The van der Waals surface area contributed by atoms with Gasteiger partial charge in [-0.25, -0.2) is 0 Å². The summed E-state index contributed by atoms with van der Waals surface area (Å²) in [6, 6.07) is 5.62. The van der Waals surface area contributed by atoms with Gasteiger partial charge in [0.25, 0.3) is 5.91 Å². The van der Waals surface area contributed by atoms with Crippen LogP contribution < -0.4 is 11.1 Å². The Balaban J connectivity index is 2.39. The molecule has 1 aromatic heterocycles. The number of rotatable bonds is 4. The first-order valence-corrected chi connectivity index (χ1v) is 7.35. The van der Waals surface area contributed by atoms with E-state index in [1.54, 1.807) is 24.5 Å². The number of halogens is 1. The number of amides is 2. The zero-order chi connectivity index (χ0) is 16.7. The Bertz CT molecular complexity index is 762. The topological polar surface area (TPSA) is 77.1 Å². The molecule has 0 radical (unpaired) electrons. The van der Waals surface area contributed by atoms with Crippen LogP contribution in [-0.2, 0) is 11.8 Å². The van der Waals surface area contributed by atoms with Crippen molar-refractivity contribution in [2.75, 3.05) is 0 Å². The Kier molecular flexibility index (Phi) is 4.20. The lowest BCUT2D eigenvalue weighted by Gasteiger charge is -2.24. The number of hydrogen-bond acceptors (Lipinski definition) is 2. The normalized spacial score (nSPS) is 11.7. The van der Waals surface area contributed by atoms with Crippen molar-refractivity contribution >= 4 is 34.3 Å². The lowest BCUT2D eigenvalue weighted by molar-refractivity contribution is -0.119. The average Bonchev–Trinajstić information content (AvgIpc) is 2.70. The molecular formula is C16H20ClN3O2. The lowest BCUT2D eigenvalue weighted by atomic mass is 10.00. The van der Waals surface area contributed by atoms with E-state index in [1.807, 2.05) is 26.1 Å². The Morgan fingerprint density at radius 2 is 2.00 bits per heavy atom. The second kappa shape index (κ2) is 5.65. The maximum absolute atomic E-state index is 12.5. The number of aryl methyl sites for hydroxylation is 2. The molecule has 0 aliphatic rings. The van der Waals surface area contributed by atoms with E-state index in [4.69, 9.17) is 17.3 Å². The van der Waals surface area contributed by atoms with Gasteiger partial charge in [-0.2, -0.15) is 0 Å². The van der Waals surface area contributed by atoms with Crippen molar-refractivity contribution in [3.8, 4) is 0 Å². The highest BCUT2D eigenvalue weighted by Gasteiger charge is 2.25. The summed E-state index contributed by atoms with van der Waals surface area (Å²) in [5.74, 6) is -0.723. The van der Waals surface area contributed by atoms with Gasteiger partial charge < -0.3 is 15.6 Å². The summed E-state index contributed by atoms with van der Waals surface area (Å²) < 4.78 is 1.79. The number of carbonyl (C=O) groups is 2. The van der Waals surface area contributed by atoms with E-state index in [0.717, 1.165) is 16.5 Å². The highest BCUT2D eigenvalue weighted by molar-refractivity contribution is 6.36. The van der Waals surface area contributed by atoms with E-state index in [9.17, 15) is 9.59 Å². The van der Waals surface area contributed by atoms with Crippen molar-refractivity contribution in [1.82, 2.24) is 9.88 Å². The number of aromatic nitrogens is 1. The zero-order valence-electron chi connectivity index (χ0n) is 13.2. The quantitative estimate of drug-likeness (QED) is 0.907. The van der Waals surface area contributed by atoms with Gasteiger partial charge in [-0.15, -0.1) is 0 Å². The largest absolute Gasteiger partial charge is 0.370 e. The minimum atomic E-state index is -0.709. The van der Waals surface area contributed by atoms with Crippen molar-refractivity contribution in [3.63, 3.8) is 0 Å². The van der Waals surface area contributed by atoms with Crippen LogP contribution in [0.5, 0.6) is 0 Å². The smallest absolute Gasteiger partial charge is 0.268 e. The lowest BCUT2D eigenvalue weighted by Crippen LogP contribution is -2.46. The molecule has 0 fully saturated rings. The maximum Gasteiger partial charge on any atom is 0.268 e. The van der Waals surface area contributed by atoms with Crippen LogP contribution in [0.25, 0.3) is 10.9 Å². The summed E-state index contributed by atoms with van der Waals surface area (Å²) in [5, 5.41) is 4.31. The molecule has 2 rings (SSSR count). The third-order valence-electron chi connectivity index (χ3n) is 3.65. The van der Waals surface area contributed by atoms with Crippen LogP contribution >= 0.6 is 11.6 Å². The first kappa shape index (κ1) is 16.4. The Hall–Kier alpha value is -2.01. The Morgan fingerprint density at radius 3 is 2.59 bits per heavy atom. The second-order valence-electron chi connectivity index (χ2n) is 6.20. The van der Waals surface area contributed by atoms with Gasteiger partial charge in [0.15, 0.2) is 0 Å². The molecule has 0 bridgehead atoms. The number of primary amides is 1. The van der Waals surface area contributed by atoms with Crippen LogP contribution in [0.1, 0.15) is 36.3 Å². The SMILES string of the molecule is Cc1ccc2c(cc(C(=O)NC(C)(C)CC(N)=O)n2C)c1Cl. The molecule has 118 valence electrons. The molecule has 1 aromatic carbocycles. The summed E-state index contributed by atoms with van der Waals surface area (Å²) in [4.78, 5) is 23.6. The predicted molar refractivity (Wildman–Crippen MR) is 88.0 cm³/mol. The molecule has 6 heteroatoms. The van der Waals surface area contributed by atoms with E-state index in [0.29, 0.717) is 10.7 Å². The van der Waals surface area contributed by atoms with Crippen LogP contribution in [0, 0.1) is 6.92 Å². The van der Waals surface area contributed by atoms with Gasteiger partial charge in [-0.1, -0.05) is 17.7 Å². The monoisotopic (exact) mass is 321 g/mol. The van der Waals surface area contributed by atoms with Crippen molar-refractivity contribution in [1.29, 1.82) is 0 Å². The van der Waals surface area contributed by atoms with Crippen molar-refractivity contribution in [3.05, 3.63) is 34.5 Å². The highest BCUT2D eigenvalue weighted by atomic mass is 35.5. The average molecular weight is 322 g/mol. The van der Waals surface area contributed by atoms with Gasteiger partial charge in [-0.05, 0) is 38.5 Å². The molecule has 0 unspecified atom stereocenters. The fraction of sp³-hybridized carbons (Fsp3) is 0.375. The Morgan fingerprint density at radius 1 is 1.36 bits per heavy atom. The van der Waals surface area contributed by atoms with E-state index in [2.05, 4.69) is 5.32 Å². The van der Waals surface area contributed by atoms with Crippen LogP contribution in [-0.4, -0.2) is 21.9 Å². The number of hydrogen-bond donors (Lipinski definition) is 2. The van der Waals surface area contributed by atoms with Crippen LogP contribution in [0.4, 0.5) is 0 Å². The third kappa shape index (κ3) is 3.09. The van der Waals surface area contributed by atoms with Crippen molar-refractivity contribution in [2.24, 2.45) is 12.8 Å². The summed E-state index contributed by atoms with van der Waals surface area (Å²) >= 11 is 6.31. The molecule has 0 aliphatic heterocycles. The molecule has 0 aliphatic carbocycles. The molecule has 2 amide bonds. The molecule has 0 atom stereocenters. The standard InChI is InChI=1S/C16H20ClN3O2/c1-9-5-6-11-10(14(9)17)7-12(20(11)4)15(22)19-16(2,3)8-13(18)21/h5-7H,8H2,1-4H3,(H2,18,21)(H,19,22). The van der Waals surface area contributed by atoms with E-state index < -0.39 is 11.4 Å². The second-order valence-corrected chi connectivity index (χ2v) is 6.58. The number of nitrogens with two attached hydrogens (primary N) is 1. The van der Waals surface area contributed by atoms with Crippen molar-refractivity contribution < 1.29 is 9.59 Å². The van der Waals surface area contributed by atoms with Crippen molar-refractivity contribution in [2.45, 2.75) is 32.7 Å². The molecular weight excluding hydrogens is 302 g/mol. The summed E-state index contributed by atoms with van der Waals surface area (Å²) in [7, 11) is 1.81. The molecule has 0 saturated carbocycles. The number of benzene rings is 1. The highest BCUT2D eigenvalue weighted by Crippen LogP contribution is 2.29. The van der Waals surface area contributed by atoms with Crippen LogP contribution in [0.2, 0.25) is 5.02 Å². The predicted octanol–water partition coefficient (Wildman–Crippen LogP) is 2.52. The van der Waals surface area contributed by atoms with E-state index in [-0.39, 0.29) is 12.3 Å². The van der Waals surface area contributed by atoms with Gasteiger partial charge in [0.05, 0.1) is 5.02 Å². The Labute approximate surface area is 134 Å². The number of fused-ring (bicyclic) bond motifs is 1. The molecule has 0 spiro atoms. The molecule has 1 heterocycles. The molecule has 5 nitrogen and oxygen atoms in total. The maximum atomic E-state index is 12.5. The molecule has 2 aromatic rings. The fourth-order valence-electron chi connectivity index (χ4n) is 2.55. The number of nitrogens with zero attached hydrogens (tertiary/aromatic N) is 1. The van der Waals surface area contributed by atoms with Gasteiger partial charge in [0.1, 0.15) is 5.69 Å². The summed E-state index contributed by atoms with van der Waals surface area (Å²) in [6.45, 7) is 5.44. The molecule has 3 N–H and O–H groups in total. The summed E-state index contributed by atoms with van der Waals surface area (Å²) in [6.07, 6.45) is 0.0720. The first-order chi connectivity index (χ1) is 10.1. The van der Waals surface area contributed by atoms with Gasteiger partial charge in [0.2, 0.25) is 5.91 Å². The van der Waals surface area contributed by atoms with Crippen LogP contribution in [0.3, 0.4) is 0 Å². The minimum Gasteiger partial charge on any atom is -0.370 e. The van der Waals surface area contributed by atoms with Crippen LogP contribution in [0.15, 0.2) is 18.2 Å². The molecule has 22 heavy (non-hydrogen) atoms. The fourth-order valence-corrected chi connectivity index (χ4v) is 2.77. The molecule has 0 saturated heterocycles. The van der Waals surface area contributed by atoms with Gasteiger partial charge in [0, 0.05) is 29.9 Å². The minimum absolute atomic E-state index is 0.0720. The van der Waals surface area contributed by atoms with Gasteiger partial charge in [-0.3, -0.25) is 9.59 Å². The first-order valence-electron chi connectivity index (χ1n) is 6.98. The third-order valence-corrected chi connectivity index (χ3v) is 4.16. The summed E-state index contributed by atoms with van der Waals surface area (Å²) in [5.41, 5.74) is 6.83. The zero-order valence-corrected chi connectivity index (χ0v) is 13.9.